The molecule has 0 amide bonds. The first-order valence-corrected chi connectivity index (χ1v) is 9.06. The van der Waals surface area contributed by atoms with Crippen LogP contribution in [0.25, 0.3) is 6.08 Å². The first kappa shape index (κ1) is 20.0. The molecule has 4 heteroatoms. The minimum absolute atomic E-state index is 0.00720. The Morgan fingerprint density at radius 1 is 1.04 bits per heavy atom. The minimum atomic E-state index is -1.09. The Balaban J connectivity index is 2.49. The highest BCUT2D eigenvalue weighted by atomic mass is 35.5. The first-order valence-electron chi connectivity index (χ1n) is 8.31. The number of benzene rings is 2. The number of rotatable bonds is 6. The van der Waals surface area contributed by atoms with Crippen molar-refractivity contribution in [2.24, 2.45) is 5.92 Å². The third-order valence-corrected chi connectivity index (χ3v) is 4.99. The van der Waals surface area contributed by atoms with E-state index in [9.17, 15) is 5.11 Å². The molecule has 0 spiro atoms. The van der Waals surface area contributed by atoms with Gasteiger partial charge >= 0.3 is 0 Å². The summed E-state index contributed by atoms with van der Waals surface area (Å²) < 4.78 is 0. The average molecular weight is 378 g/mol. The molecule has 0 aliphatic carbocycles. The molecule has 25 heavy (non-hydrogen) atoms. The van der Waals surface area contributed by atoms with Crippen LogP contribution in [0.2, 0.25) is 10.0 Å². The van der Waals surface area contributed by atoms with Gasteiger partial charge in [-0.15, -0.1) is 0 Å². The Bertz CT molecular complexity index is 723. The normalized spacial score (nSPS) is 15.9. The van der Waals surface area contributed by atoms with Gasteiger partial charge in [-0.1, -0.05) is 60.5 Å². The zero-order valence-corrected chi connectivity index (χ0v) is 16.6. The fourth-order valence-corrected chi connectivity index (χ4v) is 3.46. The van der Waals surface area contributed by atoms with Crippen molar-refractivity contribution >= 4 is 29.3 Å². The Morgan fingerprint density at radius 3 is 2.00 bits per heavy atom. The molecule has 2 aromatic carbocycles. The molecule has 0 aromatic heterocycles. The molecule has 2 aromatic rings. The van der Waals surface area contributed by atoms with E-state index in [1.165, 1.54) is 0 Å². The van der Waals surface area contributed by atoms with E-state index in [1.54, 1.807) is 0 Å². The second-order valence-corrected chi connectivity index (χ2v) is 7.69. The lowest BCUT2D eigenvalue weighted by molar-refractivity contribution is 0.0105. The SMILES string of the molecule is C/C(=C\c1ccc(Cl)cc1)C(O)(c1ccc(Cl)cc1)C(C)CN(C)C. The fraction of sp³-hybridized carbons (Fsp3) is 0.333. The Kier molecular flexibility index (Phi) is 6.70. The van der Waals surface area contributed by atoms with E-state index >= 15 is 0 Å². The summed E-state index contributed by atoms with van der Waals surface area (Å²) in [4.78, 5) is 2.08. The second-order valence-electron chi connectivity index (χ2n) is 6.82. The Morgan fingerprint density at radius 2 is 1.52 bits per heavy atom. The fourth-order valence-electron chi connectivity index (χ4n) is 3.20. The molecule has 2 unspecified atom stereocenters. The lowest BCUT2D eigenvalue weighted by Gasteiger charge is -2.37. The van der Waals surface area contributed by atoms with Crippen LogP contribution in [-0.2, 0) is 5.60 Å². The van der Waals surface area contributed by atoms with Crippen molar-refractivity contribution in [3.8, 4) is 0 Å². The monoisotopic (exact) mass is 377 g/mol. The van der Waals surface area contributed by atoms with Gasteiger partial charge in [0.05, 0.1) is 0 Å². The summed E-state index contributed by atoms with van der Waals surface area (Å²) in [6.07, 6.45) is 2.01. The molecule has 0 heterocycles. The van der Waals surface area contributed by atoms with Gasteiger partial charge in [-0.05, 0) is 62.0 Å². The summed E-state index contributed by atoms with van der Waals surface area (Å²) >= 11 is 12.0. The molecular formula is C21H25Cl2NO. The molecule has 2 rings (SSSR count). The molecule has 2 nitrogen and oxygen atoms in total. The molecule has 0 saturated heterocycles. The highest BCUT2D eigenvalue weighted by Gasteiger charge is 2.37. The maximum absolute atomic E-state index is 11.7. The van der Waals surface area contributed by atoms with Crippen molar-refractivity contribution in [1.82, 2.24) is 4.90 Å². The smallest absolute Gasteiger partial charge is 0.114 e. The van der Waals surface area contributed by atoms with Gasteiger partial charge in [0.15, 0.2) is 0 Å². The Labute approximate surface area is 160 Å². The van der Waals surface area contributed by atoms with Crippen molar-refractivity contribution in [3.05, 3.63) is 75.3 Å². The van der Waals surface area contributed by atoms with Crippen molar-refractivity contribution in [3.63, 3.8) is 0 Å². The van der Waals surface area contributed by atoms with Gasteiger partial charge < -0.3 is 10.0 Å². The maximum atomic E-state index is 11.7. The largest absolute Gasteiger partial charge is 0.380 e. The molecule has 0 aliphatic rings. The van der Waals surface area contributed by atoms with Crippen molar-refractivity contribution in [2.45, 2.75) is 19.4 Å². The van der Waals surface area contributed by atoms with E-state index in [1.807, 2.05) is 75.6 Å². The van der Waals surface area contributed by atoms with Crippen LogP contribution in [0.1, 0.15) is 25.0 Å². The summed E-state index contributed by atoms with van der Waals surface area (Å²) in [5.74, 6) is -0.00720. The maximum Gasteiger partial charge on any atom is 0.114 e. The zero-order valence-electron chi connectivity index (χ0n) is 15.1. The summed E-state index contributed by atoms with van der Waals surface area (Å²) in [5, 5.41) is 13.1. The van der Waals surface area contributed by atoms with Gasteiger partial charge in [0.2, 0.25) is 0 Å². The molecular weight excluding hydrogens is 353 g/mol. The molecule has 0 radical (unpaired) electrons. The lowest BCUT2D eigenvalue weighted by atomic mass is 9.76. The number of nitrogens with zero attached hydrogens (tertiary/aromatic N) is 1. The predicted octanol–water partition coefficient (Wildman–Crippen LogP) is 5.48. The van der Waals surface area contributed by atoms with E-state index in [-0.39, 0.29) is 5.92 Å². The molecule has 0 fully saturated rings. The van der Waals surface area contributed by atoms with E-state index in [0.29, 0.717) is 10.0 Å². The lowest BCUT2D eigenvalue weighted by Crippen LogP contribution is -2.40. The summed E-state index contributed by atoms with van der Waals surface area (Å²) in [7, 11) is 4.02. The molecule has 0 bridgehead atoms. The van der Waals surface area contributed by atoms with Crippen molar-refractivity contribution < 1.29 is 5.11 Å². The van der Waals surface area contributed by atoms with Crippen LogP contribution in [0, 0.1) is 5.92 Å². The molecule has 1 N–H and O–H groups in total. The van der Waals surface area contributed by atoms with Crippen LogP contribution in [0.3, 0.4) is 0 Å². The van der Waals surface area contributed by atoms with Crippen molar-refractivity contribution in [1.29, 1.82) is 0 Å². The van der Waals surface area contributed by atoms with Gasteiger partial charge in [-0.25, -0.2) is 0 Å². The molecule has 134 valence electrons. The number of hydrogen-bond donors (Lipinski definition) is 1. The van der Waals surface area contributed by atoms with Gasteiger partial charge in [-0.3, -0.25) is 0 Å². The van der Waals surface area contributed by atoms with E-state index in [4.69, 9.17) is 23.2 Å². The van der Waals surface area contributed by atoms with Crippen LogP contribution >= 0.6 is 23.2 Å². The zero-order chi connectivity index (χ0) is 18.6. The van der Waals surface area contributed by atoms with E-state index < -0.39 is 5.60 Å². The first-order chi connectivity index (χ1) is 11.7. The minimum Gasteiger partial charge on any atom is -0.380 e. The van der Waals surface area contributed by atoms with Gasteiger partial charge in [0, 0.05) is 22.5 Å². The van der Waals surface area contributed by atoms with Gasteiger partial charge in [0.1, 0.15) is 5.60 Å². The summed E-state index contributed by atoms with van der Waals surface area (Å²) in [6.45, 7) is 4.79. The topological polar surface area (TPSA) is 23.5 Å². The average Bonchev–Trinajstić information content (AvgIpc) is 2.56. The van der Waals surface area contributed by atoms with Crippen LogP contribution < -0.4 is 0 Å². The quantitative estimate of drug-likeness (QED) is 0.719. The third-order valence-electron chi connectivity index (χ3n) is 4.49. The second kappa shape index (κ2) is 8.37. The molecule has 0 saturated carbocycles. The predicted molar refractivity (Wildman–Crippen MR) is 108 cm³/mol. The number of halogens is 2. The molecule has 0 aliphatic heterocycles. The highest BCUT2D eigenvalue weighted by molar-refractivity contribution is 6.30. The molecule has 2 atom stereocenters. The number of hydrogen-bond acceptors (Lipinski definition) is 2. The summed E-state index contributed by atoms with van der Waals surface area (Å²) in [5.41, 5.74) is 1.64. The van der Waals surface area contributed by atoms with Crippen LogP contribution in [0.5, 0.6) is 0 Å². The van der Waals surface area contributed by atoms with Crippen LogP contribution in [-0.4, -0.2) is 30.6 Å². The van der Waals surface area contributed by atoms with Crippen LogP contribution in [0.4, 0.5) is 0 Å². The van der Waals surface area contributed by atoms with Crippen molar-refractivity contribution in [2.75, 3.05) is 20.6 Å². The summed E-state index contributed by atoms with van der Waals surface area (Å²) in [6, 6.07) is 15.0. The van der Waals surface area contributed by atoms with E-state index in [0.717, 1.165) is 23.2 Å². The van der Waals surface area contributed by atoms with Gasteiger partial charge in [-0.2, -0.15) is 0 Å². The van der Waals surface area contributed by atoms with Gasteiger partial charge in [0.25, 0.3) is 0 Å². The third kappa shape index (κ3) is 4.86. The van der Waals surface area contributed by atoms with E-state index in [2.05, 4.69) is 11.8 Å². The highest BCUT2D eigenvalue weighted by Crippen LogP contribution is 2.38. The standard InChI is InChI=1S/C21H25Cl2NO/c1-15(13-17-5-9-19(22)10-6-17)21(25,16(2)14-24(3)4)18-7-11-20(23)12-8-18/h5-13,16,25H,14H2,1-4H3/b15-13+. The number of aliphatic hydroxyl groups is 1. The van der Waals surface area contributed by atoms with Crippen LogP contribution in [0.15, 0.2) is 54.1 Å². The Hall–Kier alpha value is -1.32.